The van der Waals surface area contributed by atoms with Crippen molar-refractivity contribution in [2.45, 2.75) is 6.04 Å². The number of amides is 1. The van der Waals surface area contributed by atoms with Gasteiger partial charge in [-0.2, -0.15) is 0 Å². The number of phenols is 1. The first-order valence-electron chi connectivity index (χ1n) is 11.2. The van der Waals surface area contributed by atoms with E-state index in [0.29, 0.717) is 22.6 Å². The van der Waals surface area contributed by atoms with Crippen LogP contribution in [0.3, 0.4) is 0 Å². The van der Waals surface area contributed by atoms with Crippen LogP contribution in [-0.2, 0) is 9.59 Å². The van der Waals surface area contributed by atoms with Gasteiger partial charge in [-0.1, -0.05) is 35.1 Å². The fourth-order valence-electron chi connectivity index (χ4n) is 4.31. The number of hydrogen-bond donors (Lipinski definition) is 2. The van der Waals surface area contributed by atoms with Crippen LogP contribution in [0.4, 0.5) is 5.13 Å². The maximum atomic E-state index is 13.5. The zero-order chi connectivity index (χ0) is 27.1. The van der Waals surface area contributed by atoms with Crippen molar-refractivity contribution in [1.82, 2.24) is 4.98 Å². The molecule has 1 saturated heterocycles. The Bertz CT molecular complexity index is 1610. The summed E-state index contributed by atoms with van der Waals surface area (Å²) in [6.07, 6.45) is 0. The standard InChI is InChI=1S/C27H21ClN2O7S/c1-35-15-8-9-18-21(10-15)38-27(29-18)30-23(13-4-6-14(31)7-5-13)22(25(33)26(30)34)24(32)16-11-17(28)20(37-3)12-19(16)36-2/h4-12,23,31-32H,1-3H3/b24-22+. The van der Waals surface area contributed by atoms with Crippen LogP contribution in [0, 0.1) is 0 Å². The van der Waals surface area contributed by atoms with Crippen molar-refractivity contribution in [3.8, 4) is 23.0 Å². The maximum absolute atomic E-state index is 13.5. The molecule has 0 saturated carbocycles. The van der Waals surface area contributed by atoms with Gasteiger partial charge in [-0.05, 0) is 42.0 Å². The average molecular weight is 553 g/mol. The number of rotatable bonds is 6. The molecule has 0 aliphatic carbocycles. The van der Waals surface area contributed by atoms with Crippen LogP contribution in [0.2, 0.25) is 5.02 Å². The van der Waals surface area contributed by atoms with Gasteiger partial charge < -0.3 is 24.4 Å². The topological polar surface area (TPSA) is 118 Å². The lowest BCUT2D eigenvalue weighted by molar-refractivity contribution is -0.132. The van der Waals surface area contributed by atoms with E-state index in [1.807, 2.05) is 0 Å². The van der Waals surface area contributed by atoms with Gasteiger partial charge in [0, 0.05) is 6.07 Å². The molecule has 0 radical (unpaired) electrons. The summed E-state index contributed by atoms with van der Waals surface area (Å²) in [5, 5.41) is 21.8. The number of carbonyl (C=O) groups is 2. The number of methoxy groups -OCH3 is 3. The molecule has 1 fully saturated rings. The average Bonchev–Trinajstić information content (AvgIpc) is 3.46. The number of phenolic OH excluding ortho intramolecular Hbond substituents is 1. The number of Topliss-reactive ketones (excluding diaryl/α,β-unsaturated/α-hetero) is 1. The lowest BCUT2D eigenvalue weighted by atomic mass is 9.95. The van der Waals surface area contributed by atoms with E-state index in [0.717, 1.165) is 4.70 Å². The second kappa shape index (κ2) is 9.88. The Morgan fingerprint density at radius 3 is 2.34 bits per heavy atom. The van der Waals surface area contributed by atoms with Gasteiger partial charge in [0.15, 0.2) is 5.13 Å². The first-order valence-corrected chi connectivity index (χ1v) is 12.4. The Morgan fingerprint density at radius 1 is 0.974 bits per heavy atom. The highest BCUT2D eigenvalue weighted by molar-refractivity contribution is 7.22. The summed E-state index contributed by atoms with van der Waals surface area (Å²) < 4.78 is 16.7. The number of fused-ring (bicyclic) bond motifs is 1. The van der Waals surface area contributed by atoms with Gasteiger partial charge in [0.1, 0.15) is 28.8 Å². The largest absolute Gasteiger partial charge is 0.508 e. The maximum Gasteiger partial charge on any atom is 0.301 e. The van der Waals surface area contributed by atoms with Gasteiger partial charge >= 0.3 is 5.91 Å². The number of aliphatic hydroxyl groups is 1. The zero-order valence-electron chi connectivity index (χ0n) is 20.4. The quantitative estimate of drug-likeness (QED) is 0.188. The van der Waals surface area contributed by atoms with Gasteiger partial charge in [-0.3, -0.25) is 14.5 Å². The van der Waals surface area contributed by atoms with Gasteiger partial charge in [0.2, 0.25) is 0 Å². The molecule has 38 heavy (non-hydrogen) atoms. The molecule has 0 bridgehead atoms. The Labute approximate surface area is 226 Å². The fraction of sp³-hybridized carbons (Fsp3) is 0.148. The number of ether oxygens (including phenoxy) is 3. The first kappa shape index (κ1) is 25.4. The lowest BCUT2D eigenvalue weighted by Crippen LogP contribution is -2.29. The summed E-state index contributed by atoms with van der Waals surface area (Å²) in [5.41, 5.74) is 1.01. The third-order valence-electron chi connectivity index (χ3n) is 6.17. The van der Waals surface area contributed by atoms with E-state index in [1.54, 1.807) is 37.4 Å². The molecular weight excluding hydrogens is 532 g/mol. The molecule has 9 nitrogen and oxygen atoms in total. The Morgan fingerprint density at radius 2 is 1.68 bits per heavy atom. The van der Waals surface area contributed by atoms with Crippen LogP contribution >= 0.6 is 22.9 Å². The van der Waals surface area contributed by atoms with Crippen LogP contribution < -0.4 is 19.1 Å². The molecule has 1 aliphatic heterocycles. The molecule has 11 heteroatoms. The van der Waals surface area contributed by atoms with Crippen LogP contribution in [0.25, 0.3) is 16.0 Å². The second-order valence-corrected chi connectivity index (χ2v) is 9.69. The van der Waals surface area contributed by atoms with E-state index >= 15 is 0 Å². The molecule has 1 aliphatic rings. The molecule has 5 rings (SSSR count). The monoisotopic (exact) mass is 552 g/mol. The fourth-order valence-corrected chi connectivity index (χ4v) is 5.58. The van der Waals surface area contributed by atoms with E-state index in [1.165, 1.54) is 54.7 Å². The number of carbonyl (C=O) groups excluding carboxylic acids is 2. The van der Waals surface area contributed by atoms with E-state index < -0.39 is 23.5 Å². The Balaban J connectivity index is 1.74. The van der Waals surface area contributed by atoms with Crippen LogP contribution in [0.5, 0.6) is 23.0 Å². The number of aromatic nitrogens is 1. The Kier molecular flexibility index (Phi) is 6.60. The van der Waals surface area contributed by atoms with Crippen LogP contribution in [0.15, 0.2) is 60.2 Å². The molecule has 194 valence electrons. The van der Waals surface area contributed by atoms with E-state index in [2.05, 4.69) is 4.98 Å². The molecular formula is C27H21ClN2O7S. The molecule has 1 unspecified atom stereocenters. The van der Waals surface area contributed by atoms with E-state index in [-0.39, 0.29) is 32.8 Å². The number of aromatic hydroxyl groups is 1. The molecule has 2 heterocycles. The highest BCUT2D eigenvalue weighted by Gasteiger charge is 2.48. The van der Waals surface area contributed by atoms with Crippen LogP contribution in [0.1, 0.15) is 17.2 Å². The Hall–Kier alpha value is -4.28. The van der Waals surface area contributed by atoms with Crippen molar-refractivity contribution in [3.63, 3.8) is 0 Å². The van der Waals surface area contributed by atoms with Crippen molar-refractivity contribution in [1.29, 1.82) is 0 Å². The summed E-state index contributed by atoms with van der Waals surface area (Å²) in [4.78, 5) is 32.8. The number of benzene rings is 3. The third kappa shape index (κ3) is 4.17. The minimum atomic E-state index is -1.05. The number of thiazole rings is 1. The number of ketones is 1. The SMILES string of the molecule is COc1ccc2nc(N3C(=O)C(=O)/C(=C(/O)c4cc(Cl)c(OC)cc4OC)C3c3ccc(O)cc3)sc2c1. The van der Waals surface area contributed by atoms with Crippen molar-refractivity contribution in [2.75, 3.05) is 26.2 Å². The molecule has 3 aromatic carbocycles. The van der Waals surface area contributed by atoms with Crippen molar-refractivity contribution >= 4 is 55.7 Å². The van der Waals surface area contributed by atoms with Gasteiger partial charge in [0.05, 0.1) is 53.7 Å². The number of anilines is 1. The van der Waals surface area contributed by atoms with Crippen molar-refractivity contribution in [3.05, 3.63) is 76.3 Å². The number of hydrogen-bond acceptors (Lipinski definition) is 9. The predicted molar refractivity (Wildman–Crippen MR) is 144 cm³/mol. The molecule has 0 spiro atoms. The summed E-state index contributed by atoms with van der Waals surface area (Å²) in [7, 11) is 4.38. The van der Waals surface area contributed by atoms with Crippen molar-refractivity contribution < 1.29 is 34.0 Å². The second-order valence-electron chi connectivity index (χ2n) is 8.28. The molecule has 1 atom stereocenters. The first-order chi connectivity index (χ1) is 18.3. The van der Waals surface area contributed by atoms with Crippen molar-refractivity contribution in [2.24, 2.45) is 0 Å². The van der Waals surface area contributed by atoms with Gasteiger partial charge in [-0.25, -0.2) is 4.98 Å². The highest BCUT2D eigenvalue weighted by Crippen LogP contribution is 2.46. The lowest BCUT2D eigenvalue weighted by Gasteiger charge is -2.23. The minimum absolute atomic E-state index is 0.00129. The summed E-state index contributed by atoms with van der Waals surface area (Å²) in [6.45, 7) is 0. The normalized spacial score (nSPS) is 16.7. The molecule has 4 aromatic rings. The van der Waals surface area contributed by atoms with Gasteiger partial charge in [0.25, 0.3) is 5.78 Å². The summed E-state index contributed by atoms with van der Waals surface area (Å²) >= 11 is 7.52. The summed E-state index contributed by atoms with van der Waals surface area (Å²) in [6, 6.07) is 13.1. The number of aliphatic hydroxyl groups excluding tert-OH is 1. The summed E-state index contributed by atoms with van der Waals surface area (Å²) in [5.74, 6) is -1.14. The molecule has 2 N–H and O–H groups in total. The van der Waals surface area contributed by atoms with Crippen LogP contribution in [-0.4, -0.2) is 48.2 Å². The smallest absolute Gasteiger partial charge is 0.301 e. The number of nitrogens with zero attached hydrogens (tertiary/aromatic N) is 2. The molecule has 1 aromatic heterocycles. The predicted octanol–water partition coefficient (Wildman–Crippen LogP) is 5.31. The molecule has 1 amide bonds. The van der Waals surface area contributed by atoms with E-state index in [4.69, 9.17) is 25.8 Å². The number of halogens is 1. The van der Waals surface area contributed by atoms with E-state index in [9.17, 15) is 19.8 Å². The highest BCUT2D eigenvalue weighted by atomic mass is 35.5. The van der Waals surface area contributed by atoms with Gasteiger partial charge in [-0.15, -0.1) is 0 Å². The third-order valence-corrected chi connectivity index (χ3v) is 7.49. The zero-order valence-corrected chi connectivity index (χ0v) is 22.0. The minimum Gasteiger partial charge on any atom is -0.508 e.